The normalized spacial score (nSPS) is 12.7. The third-order valence-electron chi connectivity index (χ3n) is 2.29. The van der Waals surface area contributed by atoms with Gasteiger partial charge in [-0.05, 0) is 12.8 Å². The van der Waals surface area contributed by atoms with Crippen molar-refractivity contribution in [3.63, 3.8) is 0 Å². The third-order valence-corrected chi connectivity index (χ3v) is 2.29. The molecule has 0 aliphatic carbocycles. The van der Waals surface area contributed by atoms with Crippen LogP contribution < -0.4 is 0 Å². The highest BCUT2D eigenvalue weighted by Crippen LogP contribution is 2.10. The molecule has 0 fully saturated rings. The molecule has 3 heteroatoms. The molecule has 0 aliphatic heterocycles. The second kappa shape index (κ2) is 11.7. The van der Waals surface area contributed by atoms with E-state index in [0.717, 1.165) is 19.3 Å². The fourth-order valence-electron chi connectivity index (χ4n) is 1.36. The van der Waals surface area contributed by atoms with Crippen molar-refractivity contribution in [2.45, 2.75) is 58.2 Å². The highest BCUT2D eigenvalue weighted by atomic mass is 17.1. The van der Waals surface area contributed by atoms with Crippen molar-refractivity contribution in [3.8, 4) is 0 Å². The summed E-state index contributed by atoms with van der Waals surface area (Å²) in [5.41, 5.74) is 0. The number of ether oxygens (including phenoxy) is 1. The molecule has 3 nitrogen and oxygen atoms in total. The van der Waals surface area contributed by atoms with Gasteiger partial charge in [-0.25, -0.2) is 10.1 Å². The Kier molecular flexibility index (Phi) is 11.4. The number of hydrogen-bond acceptors (Lipinski definition) is 3. The quantitative estimate of drug-likeness (QED) is 0.188. The van der Waals surface area contributed by atoms with E-state index in [-0.39, 0.29) is 0 Å². The second-order valence-electron chi connectivity index (χ2n) is 3.69. The molecule has 0 rings (SSSR count). The maximum absolute atomic E-state index is 8.58. The average Bonchev–Trinajstić information content (AvgIpc) is 2.26. The molecule has 1 N–H and O–H groups in total. The molecule has 1 atom stereocenters. The van der Waals surface area contributed by atoms with E-state index < -0.39 is 6.29 Å². The van der Waals surface area contributed by atoms with Crippen LogP contribution in [0.2, 0.25) is 0 Å². The van der Waals surface area contributed by atoms with Crippen molar-refractivity contribution in [3.05, 3.63) is 12.7 Å². The second-order valence-corrected chi connectivity index (χ2v) is 3.69. The van der Waals surface area contributed by atoms with E-state index in [0.29, 0.717) is 6.61 Å². The Bertz CT molecular complexity index is 137. The number of rotatable bonds is 11. The molecule has 15 heavy (non-hydrogen) atoms. The van der Waals surface area contributed by atoms with Crippen molar-refractivity contribution in [1.82, 2.24) is 0 Å². The lowest BCUT2D eigenvalue weighted by Gasteiger charge is -2.13. The molecule has 0 saturated carbocycles. The van der Waals surface area contributed by atoms with Crippen LogP contribution in [-0.4, -0.2) is 18.2 Å². The van der Waals surface area contributed by atoms with Gasteiger partial charge in [0.25, 0.3) is 0 Å². The van der Waals surface area contributed by atoms with Crippen LogP contribution in [0.4, 0.5) is 0 Å². The molecule has 0 aromatic rings. The summed E-state index contributed by atoms with van der Waals surface area (Å²) < 4.78 is 5.29. The van der Waals surface area contributed by atoms with Crippen LogP contribution in [0.3, 0.4) is 0 Å². The minimum absolute atomic E-state index is 0.466. The molecule has 0 heterocycles. The zero-order valence-corrected chi connectivity index (χ0v) is 9.78. The fraction of sp³-hybridized carbons (Fsp3) is 0.833. The molecular weight excluding hydrogens is 192 g/mol. The van der Waals surface area contributed by atoms with E-state index in [2.05, 4.69) is 18.4 Å². The lowest BCUT2D eigenvalue weighted by molar-refractivity contribution is -0.347. The van der Waals surface area contributed by atoms with Crippen LogP contribution in [0.25, 0.3) is 0 Å². The SMILES string of the molecule is C=CCCOC(CCCCCCC)OO. The van der Waals surface area contributed by atoms with Crippen molar-refractivity contribution < 1.29 is 14.9 Å². The zero-order valence-electron chi connectivity index (χ0n) is 9.78. The summed E-state index contributed by atoms with van der Waals surface area (Å²) in [7, 11) is 0. The summed E-state index contributed by atoms with van der Waals surface area (Å²) in [5.74, 6) is 0. The van der Waals surface area contributed by atoms with Gasteiger partial charge in [-0.2, -0.15) is 0 Å². The molecule has 90 valence electrons. The van der Waals surface area contributed by atoms with Crippen LogP contribution in [0.15, 0.2) is 12.7 Å². The minimum Gasteiger partial charge on any atom is -0.349 e. The van der Waals surface area contributed by atoms with Crippen LogP contribution >= 0.6 is 0 Å². The first-order chi connectivity index (χ1) is 7.35. The Morgan fingerprint density at radius 3 is 2.60 bits per heavy atom. The summed E-state index contributed by atoms with van der Waals surface area (Å²) in [4.78, 5) is 4.25. The van der Waals surface area contributed by atoms with Crippen molar-refractivity contribution in [2.24, 2.45) is 0 Å². The molecule has 0 bridgehead atoms. The Morgan fingerprint density at radius 2 is 2.00 bits per heavy atom. The monoisotopic (exact) mass is 216 g/mol. The summed E-state index contributed by atoms with van der Waals surface area (Å²) in [5, 5.41) is 8.58. The molecule has 0 aromatic carbocycles. The maximum Gasteiger partial charge on any atom is 0.190 e. The molecule has 0 saturated heterocycles. The van der Waals surface area contributed by atoms with E-state index in [9.17, 15) is 0 Å². The van der Waals surface area contributed by atoms with Crippen LogP contribution in [0.1, 0.15) is 51.9 Å². The van der Waals surface area contributed by atoms with Crippen molar-refractivity contribution >= 4 is 0 Å². The topological polar surface area (TPSA) is 38.7 Å². The fourth-order valence-corrected chi connectivity index (χ4v) is 1.36. The highest BCUT2D eigenvalue weighted by molar-refractivity contribution is 4.64. The van der Waals surface area contributed by atoms with Gasteiger partial charge in [-0.3, -0.25) is 0 Å². The van der Waals surface area contributed by atoms with Gasteiger partial charge < -0.3 is 4.74 Å². The average molecular weight is 216 g/mol. The van der Waals surface area contributed by atoms with Gasteiger partial charge in [0.15, 0.2) is 6.29 Å². The van der Waals surface area contributed by atoms with Crippen LogP contribution in [0, 0.1) is 0 Å². The Morgan fingerprint density at radius 1 is 1.27 bits per heavy atom. The number of unbranched alkanes of at least 4 members (excludes halogenated alkanes) is 4. The summed E-state index contributed by atoms with van der Waals surface area (Å²) >= 11 is 0. The molecule has 0 spiro atoms. The summed E-state index contributed by atoms with van der Waals surface area (Å²) in [6.45, 7) is 6.35. The zero-order chi connectivity index (χ0) is 11.4. The minimum atomic E-state index is -0.466. The van der Waals surface area contributed by atoms with Gasteiger partial charge in [-0.1, -0.05) is 38.7 Å². The first-order valence-corrected chi connectivity index (χ1v) is 5.87. The van der Waals surface area contributed by atoms with Crippen molar-refractivity contribution in [1.29, 1.82) is 0 Å². The first kappa shape index (κ1) is 14.6. The predicted molar refractivity (Wildman–Crippen MR) is 61.6 cm³/mol. The van der Waals surface area contributed by atoms with E-state index >= 15 is 0 Å². The molecule has 0 amide bonds. The molecule has 0 radical (unpaired) electrons. The Balaban J connectivity index is 3.31. The molecule has 0 aromatic heterocycles. The van der Waals surface area contributed by atoms with Gasteiger partial charge in [0.05, 0.1) is 6.61 Å². The third kappa shape index (κ3) is 9.91. The van der Waals surface area contributed by atoms with Gasteiger partial charge in [0.2, 0.25) is 0 Å². The van der Waals surface area contributed by atoms with Crippen LogP contribution in [-0.2, 0) is 9.62 Å². The standard InChI is InChI=1S/C12H24O3/c1-3-5-7-8-9-10-12(15-13)14-11-6-4-2/h4,12-13H,2-3,5-11H2,1H3. The lowest BCUT2D eigenvalue weighted by Crippen LogP contribution is -2.16. The van der Waals surface area contributed by atoms with E-state index in [1.165, 1.54) is 25.7 Å². The van der Waals surface area contributed by atoms with E-state index in [4.69, 9.17) is 9.99 Å². The smallest absolute Gasteiger partial charge is 0.190 e. The molecule has 1 unspecified atom stereocenters. The maximum atomic E-state index is 8.58. The molecule has 0 aliphatic rings. The van der Waals surface area contributed by atoms with E-state index in [1.807, 2.05) is 0 Å². The highest BCUT2D eigenvalue weighted by Gasteiger charge is 2.07. The van der Waals surface area contributed by atoms with Crippen LogP contribution in [0.5, 0.6) is 0 Å². The predicted octanol–water partition coefficient (Wildman–Crippen LogP) is 3.76. The number of hydrogen-bond donors (Lipinski definition) is 1. The molecular formula is C12H24O3. The largest absolute Gasteiger partial charge is 0.349 e. The lowest BCUT2D eigenvalue weighted by atomic mass is 10.1. The van der Waals surface area contributed by atoms with Gasteiger partial charge >= 0.3 is 0 Å². The summed E-state index contributed by atoms with van der Waals surface area (Å²) in [6, 6.07) is 0. The Labute approximate surface area is 93.0 Å². The van der Waals surface area contributed by atoms with Gasteiger partial charge in [0.1, 0.15) is 0 Å². The Hall–Kier alpha value is -0.380. The van der Waals surface area contributed by atoms with E-state index in [1.54, 1.807) is 6.08 Å². The van der Waals surface area contributed by atoms with Crippen molar-refractivity contribution in [2.75, 3.05) is 6.61 Å². The van der Waals surface area contributed by atoms with Gasteiger partial charge in [0, 0.05) is 6.42 Å². The summed E-state index contributed by atoms with van der Waals surface area (Å²) in [6.07, 6.45) is 8.87. The first-order valence-electron chi connectivity index (χ1n) is 5.87. The van der Waals surface area contributed by atoms with Gasteiger partial charge in [-0.15, -0.1) is 6.58 Å².